The summed E-state index contributed by atoms with van der Waals surface area (Å²) in [5.74, 6) is 0. The van der Waals surface area contributed by atoms with Crippen molar-refractivity contribution in [2.24, 2.45) is 0 Å². The number of urea groups is 1. The average Bonchev–Trinajstić information content (AvgIpc) is 2.69. The predicted octanol–water partition coefficient (Wildman–Crippen LogP) is 3.03. The fourth-order valence-corrected chi connectivity index (χ4v) is 2.49. The van der Waals surface area contributed by atoms with Gasteiger partial charge in [0, 0.05) is 20.6 Å². The molecule has 0 aliphatic carbocycles. The summed E-state index contributed by atoms with van der Waals surface area (Å²) < 4.78 is 0. The number of carbonyl (C=O) groups is 1. The van der Waals surface area contributed by atoms with Crippen LogP contribution in [0.2, 0.25) is 0 Å². The Morgan fingerprint density at radius 1 is 1.28 bits per heavy atom. The molecule has 1 aromatic carbocycles. The van der Waals surface area contributed by atoms with Crippen molar-refractivity contribution in [3.05, 3.63) is 29.3 Å². The van der Waals surface area contributed by atoms with Gasteiger partial charge in [-0.25, -0.2) is 4.79 Å². The van der Waals surface area contributed by atoms with E-state index in [0.29, 0.717) is 0 Å². The molecule has 0 N–H and O–H groups in total. The zero-order valence-corrected chi connectivity index (χ0v) is 11.9. The second-order valence-electron chi connectivity index (χ2n) is 6.14. The first-order valence-electron chi connectivity index (χ1n) is 6.43. The molecule has 0 radical (unpaired) electrons. The largest absolute Gasteiger partial charge is 0.330 e. The second-order valence-corrected chi connectivity index (χ2v) is 6.14. The quantitative estimate of drug-likeness (QED) is 0.690. The van der Waals surface area contributed by atoms with Gasteiger partial charge in [-0.2, -0.15) is 0 Å². The van der Waals surface area contributed by atoms with Crippen LogP contribution in [0.4, 0.5) is 10.5 Å². The monoisotopic (exact) mass is 246 g/mol. The first kappa shape index (κ1) is 12.9. The number of para-hydroxylation sites is 1. The lowest BCUT2D eigenvalue weighted by molar-refractivity contribution is 0.224. The number of hydrogen-bond acceptors (Lipinski definition) is 1. The molecule has 0 bridgehead atoms. The van der Waals surface area contributed by atoms with E-state index >= 15 is 0 Å². The van der Waals surface area contributed by atoms with Crippen molar-refractivity contribution < 1.29 is 4.79 Å². The number of anilines is 1. The third-order valence-electron chi connectivity index (χ3n) is 3.42. The van der Waals surface area contributed by atoms with Gasteiger partial charge < -0.3 is 4.90 Å². The van der Waals surface area contributed by atoms with Crippen LogP contribution in [-0.2, 0) is 11.8 Å². The Balaban J connectivity index is 2.51. The number of hydrogen-bond donors (Lipinski definition) is 0. The smallest absolute Gasteiger partial charge is 0.323 e. The minimum atomic E-state index is 0.0561. The lowest BCUT2D eigenvalue weighted by Crippen LogP contribution is -2.39. The molecular formula is C15H22N2O. The van der Waals surface area contributed by atoms with E-state index in [1.807, 2.05) is 4.90 Å². The van der Waals surface area contributed by atoms with Gasteiger partial charge in [0.1, 0.15) is 0 Å². The maximum atomic E-state index is 12.2. The highest BCUT2D eigenvalue weighted by Gasteiger charge is 2.31. The molecule has 18 heavy (non-hydrogen) atoms. The van der Waals surface area contributed by atoms with Crippen LogP contribution >= 0.6 is 0 Å². The molecule has 1 aliphatic heterocycles. The van der Waals surface area contributed by atoms with Gasteiger partial charge in [-0.1, -0.05) is 39.0 Å². The van der Waals surface area contributed by atoms with Gasteiger partial charge in [0.2, 0.25) is 0 Å². The van der Waals surface area contributed by atoms with Gasteiger partial charge in [-0.15, -0.1) is 0 Å². The van der Waals surface area contributed by atoms with Crippen molar-refractivity contribution in [3.63, 3.8) is 0 Å². The van der Waals surface area contributed by atoms with Crippen LogP contribution in [0.1, 0.15) is 31.9 Å². The molecule has 0 saturated carbocycles. The number of fused-ring (bicyclic) bond motifs is 1. The minimum Gasteiger partial charge on any atom is -0.330 e. The Bertz CT molecular complexity index is 472. The zero-order chi connectivity index (χ0) is 13.5. The van der Waals surface area contributed by atoms with Crippen LogP contribution in [0.3, 0.4) is 0 Å². The van der Waals surface area contributed by atoms with Crippen LogP contribution in [0, 0.1) is 0 Å². The average molecular weight is 246 g/mol. The maximum absolute atomic E-state index is 12.2. The standard InChI is InChI=1S/C15H22N2O/c1-15(2,3)12-8-6-7-11-9-10-17(13(11)12)14(18)16(4)5/h6-8H,9-10H2,1-5H3. The van der Waals surface area contributed by atoms with Crippen molar-refractivity contribution >= 4 is 11.7 Å². The summed E-state index contributed by atoms with van der Waals surface area (Å²) in [6, 6.07) is 6.45. The summed E-state index contributed by atoms with van der Waals surface area (Å²) in [7, 11) is 3.61. The van der Waals surface area contributed by atoms with E-state index < -0.39 is 0 Å². The first-order valence-corrected chi connectivity index (χ1v) is 6.43. The Kier molecular flexibility index (Phi) is 3.09. The van der Waals surface area contributed by atoms with Gasteiger partial charge >= 0.3 is 6.03 Å². The first-order chi connectivity index (χ1) is 8.32. The summed E-state index contributed by atoms with van der Waals surface area (Å²) in [6.07, 6.45) is 0.957. The highest BCUT2D eigenvalue weighted by atomic mass is 16.2. The van der Waals surface area contributed by atoms with Crippen molar-refractivity contribution in [2.45, 2.75) is 32.6 Å². The van der Waals surface area contributed by atoms with Crippen molar-refractivity contribution in [1.29, 1.82) is 0 Å². The lowest BCUT2D eigenvalue weighted by atomic mass is 9.84. The molecule has 2 rings (SSSR count). The molecule has 0 fully saturated rings. The summed E-state index contributed by atoms with van der Waals surface area (Å²) in [5, 5.41) is 0. The van der Waals surface area contributed by atoms with Crippen LogP contribution in [0.5, 0.6) is 0 Å². The summed E-state index contributed by atoms with van der Waals surface area (Å²) >= 11 is 0. The van der Waals surface area contributed by atoms with Gasteiger partial charge in [0.05, 0.1) is 5.69 Å². The molecule has 0 atom stereocenters. The second kappa shape index (κ2) is 4.30. The summed E-state index contributed by atoms with van der Waals surface area (Å²) in [6.45, 7) is 7.37. The van der Waals surface area contributed by atoms with E-state index in [4.69, 9.17) is 0 Å². The SMILES string of the molecule is CN(C)C(=O)N1CCc2cccc(C(C)(C)C)c21. The third-order valence-corrected chi connectivity index (χ3v) is 3.42. The number of rotatable bonds is 0. The highest BCUT2D eigenvalue weighted by molar-refractivity contribution is 5.95. The Labute approximate surface area is 109 Å². The van der Waals surface area contributed by atoms with E-state index in [0.717, 1.165) is 18.7 Å². The van der Waals surface area contributed by atoms with Gasteiger partial charge in [0.25, 0.3) is 0 Å². The fraction of sp³-hybridized carbons (Fsp3) is 0.533. The van der Waals surface area contributed by atoms with Crippen LogP contribution in [0.15, 0.2) is 18.2 Å². The van der Waals surface area contributed by atoms with E-state index in [2.05, 4.69) is 39.0 Å². The number of carbonyl (C=O) groups excluding carboxylic acids is 1. The van der Waals surface area contributed by atoms with E-state index in [9.17, 15) is 4.79 Å². The number of amides is 2. The third kappa shape index (κ3) is 2.09. The fourth-order valence-electron chi connectivity index (χ4n) is 2.49. The van der Waals surface area contributed by atoms with Crippen molar-refractivity contribution in [3.8, 4) is 0 Å². The highest BCUT2D eigenvalue weighted by Crippen LogP contribution is 2.38. The van der Waals surface area contributed by atoms with Crippen LogP contribution < -0.4 is 4.90 Å². The molecule has 1 heterocycles. The molecule has 0 aromatic heterocycles. The number of nitrogens with zero attached hydrogens (tertiary/aromatic N) is 2. The van der Waals surface area contributed by atoms with E-state index in [1.54, 1.807) is 19.0 Å². The van der Waals surface area contributed by atoms with Gasteiger partial charge in [0.15, 0.2) is 0 Å². The maximum Gasteiger partial charge on any atom is 0.323 e. The van der Waals surface area contributed by atoms with Gasteiger partial charge in [-0.3, -0.25) is 4.90 Å². The summed E-state index contributed by atoms with van der Waals surface area (Å²) in [5.41, 5.74) is 3.73. The van der Waals surface area contributed by atoms with Crippen LogP contribution in [-0.4, -0.2) is 31.6 Å². The molecule has 98 valence electrons. The van der Waals surface area contributed by atoms with E-state index in [1.165, 1.54) is 11.1 Å². The molecule has 0 saturated heterocycles. The Morgan fingerprint density at radius 2 is 1.94 bits per heavy atom. The molecule has 3 heteroatoms. The molecule has 1 aliphatic rings. The Morgan fingerprint density at radius 3 is 2.50 bits per heavy atom. The van der Waals surface area contributed by atoms with E-state index in [-0.39, 0.29) is 11.4 Å². The molecule has 0 unspecified atom stereocenters. The molecule has 3 nitrogen and oxygen atoms in total. The summed E-state index contributed by atoms with van der Waals surface area (Å²) in [4.78, 5) is 15.8. The Hall–Kier alpha value is -1.51. The molecular weight excluding hydrogens is 224 g/mol. The molecule has 1 aromatic rings. The zero-order valence-electron chi connectivity index (χ0n) is 11.9. The van der Waals surface area contributed by atoms with Crippen molar-refractivity contribution in [2.75, 3.05) is 25.5 Å². The normalized spacial score (nSPS) is 14.6. The van der Waals surface area contributed by atoms with Gasteiger partial charge in [-0.05, 0) is 23.0 Å². The van der Waals surface area contributed by atoms with Crippen LogP contribution in [0.25, 0.3) is 0 Å². The predicted molar refractivity (Wildman–Crippen MR) is 75.3 cm³/mol. The minimum absolute atomic E-state index is 0.0561. The molecule has 2 amide bonds. The van der Waals surface area contributed by atoms with Crippen molar-refractivity contribution in [1.82, 2.24) is 4.90 Å². The number of benzene rings is 1. The topological polar surface area (TPSA) is 23.6 Å². The molecule has 0 spiro atoms. The lowest BCUT2D eigenvalue weighted by Gasteiger charge is -2.29.